The van der Waals surface area contributed by atoms with Crippen molar-refractivity contribution in [3.05, 3.63) is 0 Å². The van der Waals surface area contributed by atoms with Crippen LogP contribution in [-0.2, 0) is 4.79 Å². The minimum atomic E-state index is 0.117. The van der Waals surface area contributed by atoms with Crippen molar-refractivity contribution in [2.45, 2.75) is 39.0 Å². The molecular weight excluding hydrogens is 216 g/mol. The fourth-order valence-electron chi connectivity index (χ4n) is 2.67. The van der Waals surface area contributed by atoms with Crippen molar-refractivity contribution in [1.29, 1.82) is 0 Å². The van der Waals surface area contributed by atoms with Gasteiger partial charge in [0, 0.05) is 19.1 Å². The second kappa shape index (κ2) is 7.67. The van der Waals surface area contributed by atoms with Crippen LogP contribution in [0.2, 0.25) is 0 Å². The van der Waals surface area contributed by atoms with Gasteiger partial charge in [0.15, 0.2) is 0 Å². The van der Waals surface area contributed by atoms with E-state index in [0.717, 1.165) is 32.1 Å². The summed E-state index contributed by atoms with van der Waals surface area (Å²) in [5.74, 6) is 1.04. The average molecular weight is 242 g/mol. The molecule has 17 heavy (non-hydrogen) atoms. The molecular formula is C13H26N2O2. The van der Waals surface area contributed by atoms with Crippen LogP contribution in [0.1, 0.15) is 39.0 Å². The average Bonchev–Trinajstić information content (AvgIpc) is 2.82. The number of carbonyl (C=O) groups excluding carboxylic acids is 1. The highest BCUT2D eigenvalue weighted by molar-refractivity contribution is 5.79. The minimum Gasteiger partial charge on any atom is -0.396 e. The van der Waals surface area contributed by atoms with Crippen LogP contribution in [0.5, 0.6) is 0 Å². The number of amides is 1. The van der Waals surface area contributed by atoms with Crippen LogP contribution in [0.25, 0.3) is 0 Å². The van der Waals surface area contributed by atoms with Gasteiger partial charge in [0.25, 0.3) is 0 Å². The zero-order valence-corrected chi connectivity index (χ0v) is 10.8. The standard InChI is InChI=1S/C13H26N2O2/c1-2-10(6-7-16)9-15-13(17)12-5-3-4-11(12)8-14/h10-12,16H,2-9,14H2,1H3,(H,15,17). The third-order valence-corrected chi connectivity index (χ3v) is 3.98. The highest BCUT2D eigenvalue weighted by atomic mass is 16.3. The molecule has 0 saturated heterocycles. The summed E-state index contributed by atoms with van der Waals surface area (Å²) in [6.45, 7) is 3.59. The van der Waals surface area contributed by atoms with E-state index >= 15 is 0 Å². The smallest absolute Gasteiger partial charge is 0.223 e. The second-order valence-corrected chi connectivity index (χ2v) is 5.06. The summed E-state index contributed by atoms with van der Waals surface area (Å²) in [7, 11) is 0. The van der Waals surface area contributed by atoms with Crippen LogP contribution < -0.4 is 11.1 Å². The maximum atomic E-state index is 12.0. The summed E-state index contributed by atoms with van der Waals surface area (Å²) in [5.41, 5.74) is 5.68. The van der Waals surface area contributed by atoms with Gasteiger partial charge >= 0.3 is 0 Å². The summed E-state index contributed by atoms with van der Waals surface area (Å²) >= 11 is 0. The van der Waals surface area contributed by atoms with Gasteiger partial charge in [-0.25, -0.2) is 0 Å². The lowest BCUT2D eigenvalue weighted by Gasteiger charge is -2.20. The van der Waals surface area contributed by atoms with Crippen LogP contribution in [0.3, 0.4) is 0 Å². The number of rotatable bonds is 7. The molecule has 1 aliphatic carbocycles. The van der Waals surface area contributed by atoms with Gasteiger partial charge in [0.1, 0.15) is 0 Å². The molecule has 1 amide bonds. The Labute approximate surface area is 104 Å². The summed E-state index contributed by atoms with van der Waals surface area (Å²) in [5, 5.41) is 11.9. The third-order valence-electron chi connectivity index (χ3n) is 3.98. The summed E-state index contributed by atoms with van der Waals surface area (Å²) in [4.78, 5) is 12.0. The van der Waals surface area contributed by atoms with Crippen LogP contribution in [0.4, 0.5) is 0 Å². The molecule has 0 spiro atoms. The maximum absolute atomic E-state index is 12.0. The third kappa shape index (κ3) is 4.28. The first-order valence-corrected chi connectivity index (χ1v) is 6.81. The van der Waals surface area contributed by atoms with Crippen molar-refractivity contribution in [3.8, 4) is 0 Å². The Bertz CT molecular complexity index is 233. The molecule has 4 heteroatoms. The number of hydrogen-bond acceptors (Lipinski definition) is 3. The SMILES string of the molecule is CCC(CCO)CNC(=O)C1CCCC1CN. The largest absolute Gasteiger partial charge is 0.396 e. The fourth-order valence-corrected chi connectivity index (χ4v) is 2.67. The van der Waals surface area contributed by atoms with E-state index in [9.17, 15) is 4.79 Å². The highest BCUT2D eigenvalue weighted by Crippen LogP contribution is 2.30. The van der Waals surface area contributed by atoms with Crippen molar-refractivity contribution in [1.82, 2.24) is 5.32 Å². The molecule has 4 nitrogen and oxygen atoms in total. The molecule has 100 valence electrons. The van der Waals surface area contributed by atoms with E-state index in [1.165, 1.54) is 0 Å². The molecule has 1 rings (SSSR count). The Hall–Kier alpha value is -0.610. The fraction of sp³-hybridized carbons (Fsp3) is 0.923. The van der Waals surface area contributed by atoms with Crippen LogP contribution in [0.15, 0.2) is 0 Å². The highest BCUT2D eigenvalue weighted by Gasteiger charge is 2.31. The zero-order chi connectivity index (χ0) is 12.7. The first-order chi connectivity index (χ1) is 8.22. The minimum absolute atomic E-state index is 0.117. The number of aliphatic hydroxyl groups is 1. The Morgan fingerprint density at radius 3 is 2.88 bits per heavy atom. The molecule has 4 N–H and O–H groups in total. The van der Waals surface area contributed by atoms with E-state index in [2.05, 4.69) is 12.2 Å². The molecule has 1 aliphatic rings. The molecule has 3 unspecified atom stereocenters. The van der Waals surface area contributed by atoms with Crippen molar-refractivity contribution in [3.63, 3.8) is 0 Å². The lowest BCUT2D eigenvalue weighted by atomic mass is 9.95. The zero-order valence-electron chi connectivity index (χ0n) is 10.8. The number of carbonyl (C=O) groups is 1. The van der Waals surface area contributed by atoms with E-state index in [4.69, 9.17) is 10.8 Å². The van der Waals surface area contributed by atoms with Gasteiger partial charge in [-0.05, 0) is 37.6 Å². The van der Waals surface area contributed by atoms with E-state index in [0.29, 0.717) is 24.9 Å². The summed E-state index contributed by atoms with van der Waals surface area (Å²) < 4.78 is 0. The van der Waals surface area contributed by atoms with Crippen molar-refractivity contribution in [2.75, 3.05) is 19.7 Å². The monoisotopic (exact) mass is 242 g/mol. The van der Waals surface area contributed by atoms with Crippen LogP contribution in [-0.4, -0.2) is 30.7 Å². The van der Waals surface area contributed by atoms with Gasteiger partial charge < -0.3 is 16.2 Å². The maximum Gasteiger partial charge on any atom is 0.223 e. The number of nitrogens with one attached hydrogen (secondary N) is 1. The van der Waals surface area contributed by atoms with Crippen LogP contribution in [0, 0.1) is 17.8 Å². The molecule has 0 radical (unpaired) electrons. The molecule has 0 aromatic heterocycles. The number of aliphatic hydroxyl groups excluding tert-OH is 1. The van der Waals surface area contributed by atoms with Gasteiger partial charge in [-0.1, -0.05) is 19.8 Å². The van der Waals surface area contributed by atoms with Gasteiger partial charge in [-0.2, -0.15) is 0 Å². The topological polar surface area (TPSA) is 75.3 Å². The molecule has 0 aliphatic heterocycles. The van der Waals surface area contributed by atoms with Crippen molar-refractivity contribution >= 4 is 5.91 Å². The molecule has 0 aromatic rings. The van der Waals surface area contributed by atoms with Gasteiger partial charge in [0.2, 0.25) is 5.91 Å². The Morgan fingerprint density at radius 2 is 2.29 bits per heavy atom. The number of hydrogen-bond donors (Lipinski definition) is 3. The lowest BCUT2D eigenvalue weighted by molar-refractivity contribution is -0.126. The quantitative estimate of drug-likeness (QED) is 0.620. The molecule has 0 aromatic carbocycles. The van der Waals surface area contributed by atoms with E-state index in [1.807, 2.05) is 0 Å². The predicted molar refractivity (Wildman–Crippen MR) is 68.4 cm³/mol. The molecule has 1 fully saturated rings. The van der Waals surface area contributed by atoms with E-state index in [-0.39, 0.29) is 18.4 Å². The first kappa shape index (κ1) is 14.5. The van der Waals surface area contributed by atoms with Crippen molar-refractivity contribution < 1.29 is 9.90 Å². The Balaban J connectivity index is 2.33. The molecule has 0 heterocycles. The van der Waals surface area contributed by atoms with Gasteiger partial charge in [-0.15, -0.1) is 0 Å². The molecule has 3 atom stereocenters. The normalized spacial score (nSPS) is 25.8. The Morgan fingerprint density at radius 1 is 1.53 bits per heavy atom. The molecule has 1 saturated carbocycles. The molecule has 0 bridgehead atoms. The van der Waals surface area contributed by atoms with Gasteiger partial charge in [-0.3, -0.25) is 4.79 Å². The van der Waals surface area contributed by atoms with Crippen LogP contribution >= 0.6 is 0 Å². The van der Waals surface area contributed by atoms with E-state index < -0.39 is 0 Å². The predicted octanol–water partition coefficient (Wildman–Crippen LogP) is 0.886. The summed E-state index contributed by atoms with van der Waals surface area (Å²) in [6.07, 6.45) is 4.94. The van der Waals surface area contributed by atoms with Gasteiger partial charge in [0.05, 0.1) is 0 Å². The first-order valence-electron chi connectivity index (χ1n) is 6.81. The Kier molecular flexibility index (Phi) is 6.52. The number of nitrogens with two attached hydrogens (primary N) is 1. The van der Waals surface area contributed by atoms with Crippen molar-refractivity contribution in [2.24, 2.45) is 23.5 Å². The van der Waals surface area contributed by atoms with E-state index in [1.54, 1.807) is 0 Å². The lowest BCUT2D eigenvalue weighted by Crippen LogP contribution is -2.37. The second-order valence-electron chi connectivity index (χ2n) is 5.06. The summed E-state index contributed by atoms with van der Waals surface area (Å²) in [6, 6.07) is 0.